The summed E-state index contributed by atoms with van der Waals surface area (Å²) >= 11 is 6.19. The van der Waals surface area contributed by atoms with Crippen LogP contribution in [0.1, 0.15) is 11.1 Å². The fourth-order valence-electron chi connectivity index (χ4n) is 3.38. The average molecular weight is 395 g/mol. The summed E-state index contributed by atoms with van der Waals surface area (Å²) in [5, 5.41) is 10.1. The summed E-state index contributed by atoms with van der Waals surface area (Å²) in [5.74, 6) is 0.323. The van der Waals surface area contributed by atoms with Gasteiger partial charge >= 0.3 is 5.63 Å². The van der Waals surface area contributed by atoms with Crippen molar-refractivity contribution in [3.8, 4) is 5.75 Å². The zero-order valence-electron chi connectivity index (χ0n) is 15.5. The molecule has 27 heavy (non-hydrogen) atoms. The molecule has 0 aliphatic carbocycles. The molecule has 1 aliphatic rings. The molecule has 2 aromatic rings. The van der Waals surface area contributed by atoms with E-state index in [0.717, 1.165) is 0 Å². The van der Waals surface area contributed by atoms with E-state index in [1.807, 2.05) is 0 Å². The Balaban J connectivity index is 1.83. The van der Waals surface area contributed by atoms with Gasteiger partial charge < -0.3 is 19.2 Å². The number of halogens is 1. The number of β-amino-alcohol motifs (C(OH)–C–C–N with tert-alkyl or cyclic N) is 1. The second-order valence-corrected chi connectivity index (χ2v) is 7.01. The monoisotopic (exact) mass is 394 g/mol. The highest BCUT2D eigenvalue weighted by Gasteiger charge is 2.23. The lowest BCUT2D eigenvalue weighted by molar-refractivity contribution is -0.132. The molecule has 1 N–H and O–H groups in total. The van der Waals surface area contributed by atoms with Crippen LogP contribution in [-0.4, -0.2) is 67.3 Å². The molecule has 8 heteroatoms. The number of hydrogen-bond acceptors (Lipinski definition) is 6. The third-order valence-corrected chi connectivity index (χ3v) is 5.32. The normalized spacial score (nSPS) is 15.3. The Morgan fingerprint density at radius 2 is 2.00 bits per heavy atom. The Morgan fingerprint density at radius 3 is 2.63 bits per heavy atom. The Bertz CT molecular complexity index is 903. The zero-order chi connectivity index (χ0) is 19.6. The van der Waals surface area contributed by atoms with Crippen LogP contribution in [0.15, 0.2) is 21.3 Å². The summed E-state index contributed by atoms with van der Waals surface area (Å²) in [5.41, 5.74) is 0.911. The van der Waals surface area contributed by atoms with Crippen molar-refractivity contribution in [3.05, 3.63) is 38.7 Å². The van der Waals surface area contributed by atoms with Gasteiger partial charge in [0.2, 0.25) is 5.91 Å². The molecule has 0 atom stereocenters. The van der Waals surface area contributed by atoms with Crippen molar-refractivity contribution in [1.82, 2.24) is 9.80 Å². The van der Waals surface area contributed by atoms with Gasteiger partial charge in [0.05, 0.1) is 30.7 Å². The van der Waals surface area contributed by atoms with Crippen LogP contribution < -0.4 is 10.4 Å². The van der Waals surface area contributed by atoms with Crippen molar-refractivity contribution in [2.24, 2.45) is 0 Å². The summed E-state index contributed by atoms with van der Waals surface area (Å²) < 4.78 is 10.6. The van der Waals surface area contributed by atoms with Crippen LogP contribution in [0, 0.1) is 6.92 Å². The number of amides is 1. The van der Waals surface area contributed by atoms with E-state index in [0.29, 0.717) is 65.6 Å². The minimum Gasteiger partial charge on any atom is -0.495 e. The molecule has 146 valence electrons. The highest BCUT2D eigenvalue weighted by atomic mass is 35.5. The van der Waals surface area contributed by atoms with E-state index in [1.54, 1.807) is 24.0 Å². The van der Waals surface area contributed by atoms with E-state index in [4.69, 9.17) is 25.9 Å². The third kappa shape index (κ3) is 4.10. The number of nitrogens with zero attached hydrogens (tertiary/aromatic N) is 2. The molecule has 0 unspecified atom stereocenters. The summed E-state index contributed by atoms with van der Waals surface area (Å²) in [6.45, 7) is 5.11. The number of hydrogen-bond donors (Lipinski definition) is 1. The van der Waals surface area contributed by atoms with Crippen molar-refractivity contribution in [2.45, 2.75) is 13.3 Å². The van der Waals surface area contributed by atoms with Crippen LogP contribution in [0.25, 0.3) is 11.0 Å². The summed E-state index contributed by atoms with van der Waals surface area (Å²) in [6, 6.07) is 3.27. The molecule has 0 spiro atoms. The fourth-order valence-corrected chi connectivity index (χ4v) is 3.62. The number of aliphatic hydroxyl groups excluding tert-OH is 1. The molecule has 0 saturated carbocycles. The lowest BCUT2D eigenvalue weighted by Crippen LogP contribution is -2.49. The number of rotatable bonds is 5. The molecule has 1 aliphatic heterocycles. The van der Waals surface area contributed by atoms with Crippen molar-refractivity contribution in [2.75, 3.05) is 46.4 Å². The first kappa shape index (κ1) is 19.7. The van der Waals surface area contributed by atoms with Gasteiger partial charge in [0.25, 0.3) is 0 Å². The highest BCUT2D eigenvalue weighted by molar-refractivity contribution is 6.32. The summed E-state index contributed by atoms with van der Waals surface area (Å²) in [7, 11) is 1.49. The first-order valence-electron chi connectivity index (χ1n) is 8.85. The lowest BCUT2D eigenvalue weighted by atomic mass is 10.0. The summed E-state index contributed by atoms with van der Waals surface area (Å²) in [6.07, 6.45) is -0.00620. The van der Waals surface area contributed by atoms with Gasteiger partial charge in [-0.1, -0.05) is 11.6 Å². The Morgan fingerprint density at radius 1 is 1.30 bits per heavy atom. The molecule has 1 fully saturated rings. The highest BCUT2D eigenvalue weighted by Crippen LogP contribution is 2.31. The predicted octanol–water partition coefficient (Wildman–Crippen LogP) is 1.44. The number of carbonyl (C=O) groups is 1. The minimum atomic E-state index is -0.517. The Labute approximate surface area is 162 Å². The van der Waals surface area contributed by atoms with Crippen LogP contribution in [-0.2, 0) is 11.2 Å². The van der Waals surface area contributed by atoms with Crippen LogP contribution in [0.4, 0.5) is 0 Å². The number of piperazine rings is 1. The van der Waals surface area contributed by atoms with Gasteiger partial charge in [0.1, 0.15) is 11.3 Å². The van der Waals surface area contributed by atoms with E-state index in [9.17, 15) is 9.59 Å². The first-order chi connectivity index (χ1) is 12.9. The molecule has 0 radical (unpaired) electrons. The van der Waals surface area contributed by atoms with Crippen molar-refractivity contribution >= 4 is 28.5 Å². The smallest absolute Gasteiger partial charge is 0.340 e. The van der Waals surface area contributed by atoms with Gasteiger partial charge in [-0.15, -0.1) is 0 Å². The van der Waals surface area contributed by atoms with Crippen molar-refractivity contribution < 1.29 is 19.1 Å². The quantitative estimate of drug-likeness (QED) is 0.773. The molecule has 2 heterocycles. The van der Waals surface area contributed by atoms with Gasteiger partial charge in [0, 0.05) is 44.2 Å². The largest absolute Gasteiger partial charge is 0.495 e. The molecular weight excluding hydrogens is 372 g/mol. The second-order valence-electron chi connectivity index (χ2n) is 6.60. The molecule has 1 aromatic carbocycles. The molecule has 1 saturated heterocycles. The van der Waals surface area contributed by atoms with E-state index in [-0.39, 0.29) is 18.9 Å². The molecule has 0 bridgehead atoms. The SMILES string of the molecule is COc1cc2oc(=O)c(CC(=O)N3CCN(CCO)CC3)c(C)c2cc1Cl. The van der Waals surface area contributed by atoms with Gasteiger partial charge in [-0.25, -0.2) is 4.79 Å². The predicted molar refractivity (Wildman–Crippen MR) is 103 cm³/mol. The Hall–Kier alpha value is -2.09. The molecule has 3 rings (SSSR count). The number of aryl methyl sites for hydroxylation is 1. The standard InChI is InChI=1S/C19H23ClN2O5/c1-12-13-9-15(20)17(26-2)11-16(13)27-19(25)14(12)10-18(24)22-5-3-21(4-6-22)7-8-23/h9,11,23H,3-8,10H2,1-2H3. The zero-order valence-corrected chi connectivity index (χ0v) is 16.2. The number of carbonyl (C=O) groups excluding carboxylic acids is 1. The first-order valence-corrected chi connectivity index (χ1v) is 9.23. The molecular formula is C19H23ClN2O5. The third-order valence-electron chi connectivity index (χ3n) is 5.03. The number of methoxy groups -OCH3 is 1. The van der Waals surface area contributed by atoms with Crippen molar-refractivity contribution in [3.63, 3.8) is 0 Å². The van der Waals surface area contributed by atoms with E-state index >= 15 is 0 Å². The second kappa shape index (κ2) is 8.29. The van der Waals surface area contributed by atoms with E-state index < -0.39 is 5.63 Å². The molecule has 7 nitrogen and oxygen atoms in total. The van der Waals surface area contributed by atoms with E-state index in [1.165, 1.54) is 7.11 Å². The number of aliphatic hydroxyl groups is 1. The summed E-state index contributed by atoms with van der Waals surface area (Å²) in [4.78, 5) is 29.0. The fraction of sp³-hybridized carbons (Fsp3) is 0.474. The molecule has 1 amide bonds. The number of fused-ring (bicyclic) bond motifs is 1. The van der Waals surface area contributed by atoms with Crippen LogP contribution in [0.2, 0.25) is 5.02 Å². The minimum absolute atomic E-state index is 0.00620. The topological polar surface area (TPSA) is 83.2 Å². The van der Waals surface area contributed by atoms with Gasteiger partial charge in [0.15, 0.2) is 0 Å². The number of benzene rings is 1. The van der Waals surface area contributed by atoms with Crippen molar-refractivity contribution in [1.29, 1.82) is 0 Å². The number of ether oxygens (including phenoxy) is 1. The van der Waals surface area contributed by atoms with Gasteiger partial charge in [-0.2, -0.15) is 0 Å². The maximum absolute atomic E-state index is 12.7. The lowest BCUT2D eigenvalue weighted by Gasteiger charge is -2.34. The van der Waals surface area contributed by atoms with Gasteiger partial charge in [-0.3, -0.25) is 9.69 Å². The van der Waals surface area contributed by atoms with Crippen LogP contribution >= 0.6 is 11.6 Å². The molecule has 1 aromatic heterocycles. The van der Waals surface area contributed by atoms with Crippen LogP contribution in [0.3, 0.4) is 0 Å². The maximum atomic E-state index is 12.7. The maximum Gasteiger partial charge on any atom is 0.340 e. The Kier molecular flexibility index (Phi) is 6.04. The van der Waals surface area contributed by atoms with Gasteiger partial charge in [-0.05, 0) is 18.6 Å². The van der Waals surface area contributed by atoms with E-state index in [2.05, 4.69) is 4.90 Å². The van der Waals surface area contributed by atoms with Crippen LogP contribution in [0.5, 0.6) is 5.75 Å². The average Bonchev–Trinajstić information content (AvgIpc) is 2.66.